The fourth-order valence-corrected chi connectivity index (χ4v) is 1.83. The number of carbonyl (C=O) groups is 1. The molecule has 0 bridgehead atoms. The predicted molar refractivity (Wildman–Crippen MR) is 78.2 cm³/mol. The van der Waals surface area contributed by atoms with Crippen molar-refractivity contribution in [3.8, 4) is 11.5 Å². The van der Waals surface area contributed by atoms with Gasteiger partial charge in [0.2, 0.25) is 0 Å². The predicted octanol–water partition coefficient (Wildman–Crippen LogP) is 3.06. The summed E-state index contributed by atoms with van der Waals surface area (Å²) in [5.41, 5.74) is 8.05. The number of anilines is 1. The van der Waals surface area contributed by atoms with Gasteiger partial charge in [-0.25, -0.2) is 0 Å². The monoisotopic (exact) mass is 271 g/mol. The van der Waals surface area contributed by atoms with Crippen molar-refractivity contribution in [2.75, 3.05) is 12.8 Å². The van der Waals surface area contributed by atoms with E-state index in [0.717, 1.165) is 5.56 Å². The van der Waals surface area contributed by atoms with Crippen LogP contribution >= 0.6 is 0 Å². The summed E-state index contributed by atoms with van der Waals surface area (Å²) >= 11 is 0. The first-order valence-electron chi connectivity index (χ1n) is 6.27. The molecule has 0 unspecified atom stereocenters. The molecule has 0 atom stereocenters. The molecule has 0 amide bonds. The van der Waals surface area contributed by atoms with Crippen molar-refractivity contribution in [2.24, 2.45) is 0 Å². The molecule has 20 heavy (non-hydrogen) atoms. The van der Waals surface area contributed by atoms with E-state index < -0.39 is 0 Å². The molecule has 4 heteroatoms. The van der Waals surface area contributed by atoms with Crippen molar-refractivity contribution in [1.82, 2.24) is 0 Å². The number of nitrogens with two attached hydrogens (primary N) is 1. The highest BCUT2D eigenvalue weighted by atomic mass is 16.5. The molecule has 0 spiro atoms. The third kappa shape index (κ3) is 3.09. The number of ketones is 1. The SMILES string of the molecule is COc1cc(C(C)=O)ccc1OCc1ccccc1N. The van der Waals surface area contributed by atoms with E-state index in [4.69, 9.17) is 15.2 Å². The lowest BCUT2D eigenvalue weighted by molar-refractivity contribution is 0.101. The number of para-hydroxylation sites is 1. The van der Waals surface area contributed by atoms with Crippen molar-refractivity contribution in [1.29, 1.82) is 0 Å². The second-order valence-electron chi connectivity index (χ2n) is 4.41. The van der Waals surface area contributed by atoms with Crippen LogP contribution < -0.4 is 15.2 Å². The van der Waals surface area contributed by atoms with Crippen molar-refractivity contribution < 1.29 is 14.3 Å². The largest absolute Gasteiger partial charge is 0.493 e. The molecule has 0 fully saturated rings. The van der Waals surface area contributed by atoms with Gasteiger partial charge in [0.1, 0.15) is 6.61 Å². The zero-order chi connectivity index (χ0) is 14.5. The van der Waals surface area contributed by atoms with Crippen LogP contribution in [0, 0.1) is 0 Å². The third-order valence-electron chi connectivity index (χ3n) is 3.01. The molecule has 0 aliphatic heterocycles. The van der Waals surface area contributed by atoms with Crippen molar-refractivity contribution in [3.63, 3.8) is 0 Å². The van der Waals surface area contributed by atoms with E-state index in [1.165, 1.54) is 6.92 Å². The van der Waals surface area contributed by atoms with E-state index in [1.54, 1.807) is 25.3 Å². The Morgan fingerprint density at radius 1 is 1.15 bits per heavy atom. The summed E-state index contributed by atoms with van der Waals surface area (Å²) in [4.78, 5) is 11.3. The summed E-state index contributed by atoms with van der Waals surface area (Å²) in [6.45, 7) is 1.86. The number of hydrogen-bond donors (Lipinski definition) is 1. The molecule has 2 rings (SSSR count). The normalized spacial score (nSPS) is 10.1. The maximum absolute atomic E-state index is 11.3. The minimum absolute atomic E-state index is 0.0119. The lowest BCUT2D eigenvalue weighted by Gasteiger charge is -2.12. The smallest absolute Gasteiger partial charge is 0.161 e. The number of benzene rings is 2. The van der Waals surface area contributed by atoms with Gasteiger partial charge in [0.05, 0.1) is 7.11 Å². The highest BCUT2D eigenvalue weighted by Crippen LogP contribution is 2.29. The summed E-state index contributed by atoms with van der Waals surface area (Å²) in [5, 5.41) is 0. The standard InChI is InChI=1S/C16H17NO3/c1-11(18)12-7-8-15(16(9-12)19-2)20-10-13-5-3-4-6-14(13)17/h3-9H,10,17H2,1-2H3. The van der Waals surface area contributed by atoms with Gasteiger partial charge in [0.25, 0.3) is 0 Å². The number of nitrogen functional groups attached to an aromatic ring is 1. The Morgan fingerprint density at radius 2 is 1.90 bits per heavy atom. The Balaban J connectivity index is 2.17. The van der Waals surface area contributed by atoms with Crippen LogP contribution in [0.5, 0.6) is 11.5 Å². The van der Waals surface area contributed by atoms with Crippen LogP contribution in [-0.4, -0.2) is 12.9 Å². The van der Waals surface area contributed by atoms with Gasteiger partial charge in [-0.1, -0.05) is 18.2 Å². The zero-order valence-electron chi connectivity index (χ0n) is 11.6. The molecular weight excluding hydrogens is 254 g/mol. The molecule has 2 N–H and O–H groups in total. The third-order valence-corrected chi connectivity index (χ3v) is 3.01. The molecule has 0 saturated heterocycles. The Hall–Kier alpha value is -2.49. The fraction of sp³-hybridized carbons (Fsp3) is 0.188. The zero-order valence-corrected chi connectivity index (χ0v) is 11.6. The first-order chi connectivity index (χ1) is 9.61. The van der Waals surface area contributed by atoms with Crippen molar-refractivity contribution in [2.45, 2.75) is 13.5 Å². The van der Waals surface area contributed by atoms with E-state index in [-0.39, 0.29) is 5.78 Å². The van der Waals surface area contributed by atoms with E-state index in [2.05, 4.69) is 0 Å². The summed E-state index contributed by atoms with van der Waals surface area (Å²) in [6.07, 6.45) is 0. The minimum atomic E-state index is -0.0119. The highest BCUT2D eigenvalue weighted by Gasteiger charge is 2.09. The second kappa shape index (κ2) is 6.10. The molecule has 4 nitrogen and oxygen atoms in total. The number of hydrogen-bond acceptors (Lipinski definition) is 4. The number of rotatable bonds is 5. The van der Waals surface area contributed by atoms with E-state index in [1.807, 2.05) is 24.3 Å². The molecular formula is C16H17NO3. The number of ether oxygens (including phenoxy) is 2. The number of carbonyl (C=O) groups excluding carboxylic acids is 1. The van der Waals surface area contributed by atoms with Gasteiger partial charge in [-0.15, -0.1) is 0 Å². The van der Waals surface area contributed by atoms with Gasteiger partial charge in [-0.2, -0.15) is 0 Å². The number of methoxy groups -OCH3 is 1. The molecule has 104 valence electrons. The Bertz CT molecular complexity index is 623. The van der Waals surface area contributed by atoms with E-state index in [9.17, 15) is 4.79 Å². The van der Waals surface area contributed by atoms with Crippen LogP contribution in [0.2, 0.25) is 0 Å². The molecule has 0 heterocycles. The Labute approximate surface area is 118 Å². The molecule has 2 aromatic carbocycles. The van der Waals surface area contributed by atoms with Gasteiger partial charge < -0.3 is 15.2 Å². The minimum Gasteiger partial charge on any atom is -0.493 e. The molecule has 0 saturated carbocycles. The van der Waals surface area contributed by atoms with Crippen molar-refractivity contribution in [3.05, 3.63) is 53.6 Å². The molecule has 0 aromatic heterocycles. The molecule has 0 aliphatic rings. The molecule has 0 radical (unpaired) electrons. The van der Waals surface area contributed by atoms with Crippen molar-refractivity contribution >= 4 is 11.5 Å². The summed E-state index contributed by atoms with van der Waals surface area (Å²) < 4.78 is 11.0. The summed E-state index contributed by atoms with van der Waals surface area (Å²) in [6, 6.07) is 12.6. The molecule has 2 aromatic rings. The van der Waals surface area contributed by atoms with E-state index >= 15 is 0 Å². The Kier molecular flexibility index (Phi) is 4.25. The topological polar surface area (TPSA) is 61.5 Å². The quantitative estimate of drug-likeness (QED) is 0.670. The van der Waals surface area contributed by atoms with Crippen LogP contribution in [0.15, 0.2) is 42.5 Å². The highest BCUT2D eigenvalue weighted by molar-refractivity contribution is 5.94. The first-order valence-corrected chi connectivity index (χ1v) is 6.27. The lowest BCUT2D eigenvalue weighted by atomic mass is 10.1. The van der Waals surface area contributed by atoms with Crippen LogP contribution in [0.3, 0.4) is 0 Å². The second-order valence-corrected chi connectivity index (χ2v) is 4.41. The summed E-state index contributed by atoms with van der Waals surface area (Å²) in [5.74, 6) is 1.11. The fourth-order valence-electron chi connectivity index (χ4n) is 1.83. The van der Waals surface area contributed by atoms with Gasteiger partial charge in [0, 0.05) is 16.8 Å². The van der Waals surface area contributed by atoms with Gasteiger partial charge in [0.15, 0.2) is 17.3 Å². The maximum atomic E-state index is 11.3. The van der Waals surface area contributed by atoms with Crippen LogP contribution in [0.1, 0.15) is 22.8 Å². The summed E-state index contributed by atoms with van der Waals surface area (Å²) in [7, 11) is 1.54. The first kappa shape index (κ1) is 13.9. The van der Waals surface area contributed by atoms with Gasteiger partial charge >= 0.3 is 0 Å². The molecule has 0 aliphatic carbocycles. The van der Waals surface area contributed by atoms with Crippen LogP contribution in [0.4, 0.5) is 5.69 Å². The van der Waals surface area contributed by atoms with E-state index in [0.29, 0.717) is 29.4 Å². The van der Waals surface area contributed by atoms with Crippen LogP contribution in [-0.2, 0) is 6.61 Å². The average Bonchev–Trinajstić information content (AvgIpc) is 2.46. The maximum Gasteiger partial charge on any atom is 0.161 e. The lowest BCUT2D eigenvalue weighted by Crippen LogP contribution is -2.02. The number of Topliss-reactive ketones (excluding diaryl/α,β-unsaturated/α-hetero) is 1. The van der Waals surface area contributed by atoms with Crippen LogP contribution in [0.25, 0.3) is 0 Å². The van der Waals surface area contributed by atoms with Gasteiger partial charge in [-0.05, 0) is 31.2 Å². The Morgan fingerprint density at radius 3 is 2.55 bits per heavy atom. The van der Waals surface area contributed by atoms with Gasteiger partial charge in [-0.3, -0.25) is 4.79 Å². The average molecular weight is 271 g/mol.